The van der Waals surface area contributed by atoms with Crippen LogP contribution in [0.5, 0.6) is 5.75 Å². The lowest BCUT2D eigenvalue weighted by Gasteiger charge is -2.22. The van der Waals surface area contributed by atoms with E-state index >= 15 is 0 Å². The second-order valence-electron chi connectivity index (χ2n) is 11.1. The van der Waals surface area contributed by atoms with E-state index in [4.69, 9.17) is 4.74 Å². The molecule has 0 spiro atoms. The molecule has 0 bridgehead atoms. The van der Waals surface area contributed by atoms with E-state index in [2.05, 4.69) is 111 Å². The second-order valence-corrected chi connectivity index (χ2v) is 11.1. The summed E-state index contributed by atoms with van der Waals surface area (Å²) in [6.07, 6.45) is 4.80. The average molecular weight is 467 g/mol. The highest BCUT2D eigenvalue weighted by molar-refractivity contribution is 5.86. The van der Waals surface area contributed by atoms with E-state index in [1.165, 1.54) is 51.6 Å². The molecule has 1 aromatic heterocycles. The zero-order chi connectivity index (χ0) is 24.4. The number of aromatic nitrogens is 1. The third kappa shape index (κ3) is 5.31. The van der Waals surface area contributed by atoms with Gasteiger partial charge in [0.2, 0.25) is 0 Å². The molecule has 35 heavy (non-hydrogen) atoms. The summed E-state index contributed by atoms with van der Waals surface area (Å²) >= 11 is 0. The van der Waals surface area contributed by atoms with Gasteiger partial charge < -0.3 is 14.6 Å². The first-order chi connectivity index (χ1) is 16.9. The van der Waals surface area contributed by atoms with Crippen molar-refractivity contribution in [1.29, 1.82) is 0 Å². The Bertz CT molecular complexity index is 1290. The molecule has 3 heteroatoms. The maximum atomic E-state index is 6.27. The monoisotopic (exact) mass is 466 g/mol. The van der Waals surface area contributed by atoms with Crippen molar-refractivity contribution in [1.82, 2.24) is 9.88 Å². The summed E-state index contributed by atoms with van der Waals surface area (Å²) in [6, 6.07) is 24.2. The first-order valence-electron chi connectivity index (χ1n) is 13.0. The van der Waals surface area contributed by atoms with Gasteiger partial charge in [0.15, 0.2) is 0 Å². The molecule has 3 nitrogen and oxygen atoms in total. The van der Waals surface area contributed by atoms with E-state index in [-0.39, 0.29) is 5.41 Å². The van der Waals surface area contributed by atoms with E-state index in [0.717, 1.165) is 25.4 Å². The lowest BCUT2D eigenvalue weighted by molar-refractivity contribution is 0.306. The highest BCUT2D eigenvalue weighted by Gasteiger charge is 2.21. The van der Waals surface area contributed by atoms with Crippen LogP contribution in [-0.4, -0.2) is 17.7 Å². The topological polar surface area (TPSA) is 26.2 Å². The summed E-state index contributed by atoms with van der Waals surface area (Å²) in [4.78, 5) is 0. The van der Waals surface area contributed by atoms with Crippen LogP contribution in [0.25, 0.3) is 10.9 Å². The zero-order valence-corrected chi connectivity index (χ0v) is 21.6. The number of hydrogen-bond acceptors (Lipinski definition) is 2. The fraction of sp³-hybridized carbons (Fsp3) is 0.375. The zero-order valence-electron chi connectivity index (χ0n) is 21.6. The van der Waals surface area contributed by atoms with Gasteiger partial charge in [0, 0.05) is 24.2 Å². The SMILES string of the molecule is Cc1ccccc1COc1ccc2c(C3CCNCC3)cn(Cc3ccc(C(C)(C)C)cc3)c2c1. The molecule has 1 aliphatic rings. The van der Waals surface area contributed by atoms with Crippen LogP contribution in [0.15, 0.2) is 72.9 Å². The maximum absolute atomic E-state index is 6.27. The van der Waals surface area contributed by atoms with Gasteiger partial charge in [0.05, 0.1) is 5.52 Å². The van der Waals surface area contributed by atoms with Crippen molar-refractivity contribution >= 4 is 10.9 Å². The third-order valence-corrected chi connectivity index (χ3v) is 7.49. The minimum absolute atomic E-state index is 0.171. The number of benzene rings is 3. The van der Waals surface area contributed by atoms with Gasteiger partial charge in [-0.3, -0.25) is 0 Å². The quantitative estimate of drug-likeness (QED) is 0.322. The normalized spacial score (nSPS) is 15.0. The first kappa shape index (κ1) is 23.7. The van der Waals surface area contributed by atoms with Crippen LogP contribution in [0, 0.1) is 6.92 Å². The lowest BCUT2D eigenvalue weighted by Crippen LogP contribution is -2.26. The van der Waals surface area contributed by atoms with Crippen molar-refractivity contribution in [2.45, 2.75) is 65.0 Å². The minimum atomic E-state index is 0.171. The average Bonchev–Trinajstić information content (AvgIpc) is 3.21. The van der Waals surface area contributed by atoms with Crippen LogP contribution in [0.1, 0.15) is 67.3 Å². The molecule has 0 radical (unpaired) electrons. The molecule has 3 aromatic carbocycles. The maximum Gasteiger partial charge on any atom is 0.121 e. The number of fused-ring (bicyclic) bond motifs is 1. The van der Waals surface area contributed by atoms with Gasteiger partial charge in [-0.1, -0.05) is 69.3 Å². The molecule has 1 saturated heterocycles. The van der Waals surface area contributed by atoms with Crippen LogP contribution in [0.4, 0.5) is 0 Å². The molecule has 0 aliphatic carbocycles. The number of ether oxygens (including phenoxy) is 1. The minimum Gasteiger partial charge on any atom is -0.489 e. The number of nitrogens with one attached hydrogen (secondary N) is 1. The van der Waals surface area contributed by atoms with Gasteiger partial charge in [0.25, 0.3) is 0 Å². The van der Waals surface area contributed by atoms with Crippen molar-refractivity contribution in [3.8, 4) is 5.75 Å². The van der Waals surface area contributed by atoms with Gasteiger partial charge in [-0.2, -0.15) is 0 Å². The summed E-state index contributed by atoms with van der Waals surface area (Å²) in [5.41, 5.74) is 8.13. The van der Waals surface area contributed by atoms with Crippen LogP contribution in [0.3, 0.4) is 0 Å². The van der Waals surface area contributed by atoms with Crippen molar-refractivity contribution in [2.75, 3.05) is 13.1 Å². The Morgan fingerprint density at radius 1 is 0.943 bits per heavy atom. The molecule has 0 unspecified atom stereocenters. The molecule has 1 N–H and O–H groups in total. The number of aryl methyl sites for hydroxylation is 1. The van der Waals surface area contributed by atoms with Crippen molar-refractivity contribution in [3.05, 3.63) is 101 Å². The van der Waals surface area contributed by atoms with Crippen LogP contribution in [-0.2, 0) is 18.6 Å². The van der Waals surface area contributed by atoms with Crippen LogP contribution >= 0.6 is 0 Å². The molecule has 0 saturated carbocycles. The third-order valence-electron chi connectivity index (χ3n) is 7.49. The summed E-state index contributed by atoms with van der Waals surface area (Å²) in [7, 11) is 0. The Balaban J connectivity index is 1.46. The van der Waals surface area contributed by atoms with Crippen molar-refractivity contribution < 1.29 is 4.74 Å². The lowest BCUT2D eigenvalue weighted by atomic mass is 9.87. The summed E-state index contributed by atoms with van der Waals surface area (Å²) in [6.45, 7) is 12.6. The molecule has 5 rings (SSSR count). The van der Waals surface area contributed by atoms with Gasteiger partial charge in [-0.05, 0) is 84.1 Å². The second kappa shape index (κ2) is 9.91. The van der Waals surface area contributed by atoms with E-state index in [1.807, 2.05) is 0 Å². The number of hydrogen-bond donors (Lipinski definition) is 1. The molecule has 182 valence electrons. The molecule has 2 heterocycles. The molecule has 0 atom stereocenters. The Labute approximate surface area is 210 Å². The van der Waals surface area contributed by atoms with E-state index in [0.29, 0.717) is 12.5 Å². The van der Waals surface area contributed by atoms with Crippen molar-refractivity contribution in [3.63, 3.8) is 0 Å². The Hall–Kier alpha value is -3.04. The molecule has 0 amide bonds. The van der Waals surface area contributed by atoms with Gasteiger partial charge in [0.1, 0.15) is 12.4 Å². The molecule has 1 aliphatic heterocycles. The number of nitrogens with zero attached hydrogens (tertiary/aromatic N) is 1. The Kier molecular flexibility index (Phi) is 6.71. The number of piperidine rings is 1. The van der Waals surface area contributed by atoms with Gasteiger partial charge in [-0.15, -0.1) is 0 Å². The highest BCUT2D eigenvalue weighted by atomic mass is 16.5. The summed E-state index contributed by atoms with van der Waals surface area (Å²) in [5, 5.41) is 4.88. The molecular weight excluding hydrogens is 428 g/mol. The van der Waals surface area contributed by atoms with E-state index in [1.54, 1.807) is 0 Å². The van der Waals surface area contributed by atoms with Gasteiger partial charge >= 0.3 is 0 Å². The number of rotatable bonds is 6. The summed E-state index contributed by atoms with van der Waals surface area (Å²) in [5.74, 6) is 1.54. The van der Waals surface area contributed by atoms with E-state index < -0.39 is 0 Å². The largest absolute Gasteiger partial charge is 0.489 e. The Morgan fingerprint density at radius 2 is 1.69 bits per heavy atom. The van der Waals surface area contributed by atoms with Crippen LogP contribution < -0.4 is 10.1 Å². The standard InChI is InChI=1S/C32H38N2O/c1-23-7-5-6-8-26(23)22-35-28-13-14-29-30(25-15-17-33-18-16-25)21-34(31(29)19-28)20-24-9-11-27(12-10-24)32(2,3)4/h5-14,19,21,25,33H,15-18,20,22H2,1-4H3. The van der Waals surface area contributed by atoms with Crippen LogP contribution in [0.2, 0.25) is 0 Å². The van der Waals surface area contributed by atoms with Gasteiger partial charge in [-0.25, -0.2) is 0 Å². The molecule has 1 fully saturated rings. The molecular formula is C32H38N2O. The predicted octanol–water partition coefficient (Wildman–Crippen LogP) is 7.34. The predicted molar refractivity (Wildman–Crippen MR) is 147 cm³/mol. The summed E-state index contributed by atoms with van der Waals surface area (Å²) < 4.78 is 8.70. The first-order valence-corrected chi connectivity index (χ1v) is 13.0. The highest BCUT2D eigenvalue weighted by Crippen LogP contribution is 2.35. The molecule has 4 aromatic rings. The van der Waals surface area contributed by atoms with Crippen molar-refractivity contribution in [2.24, 2.45) is 0 Å². The fourth-order valence-corrected chi connectivity index (χ4v) is 5.22. The smallest absolute Gasteiger partial charge is 0.121 e. The fourth-order valence-electron chi connectivity index (χ4n) is 5.22. The Morgan fingerprint density at radius 3 is 2.40 bits per heavy atom. The van der Waals surface area contributed by atoms with E-state index in [9.17, 15) is 0 Å².